The third-order valence-electron chi connectivity index (χ3n) is 5.04. The number of pyridine rings is 1. The Morgan fingerprint density at radius 1 is 0.970 bits per heavy atom. The first-order valence-electron chi connectivity index (χ1n) is 10.8. The minimum absolute atomic E-state index is 0.105. The fraction of sp³-hybridized carbons (Fsp3) is 0.222. The summed E-state index contributed by atoms with van der Waals surface area (Å²) in [4.78, 5) is 21.5. The van der Waals surface area contributed by atoms with E-state index in [2.05, 4.69) is 9.97 Å². The van der Waals surface area contributed by atoms with Crippen LogP contribution in [0.2, 0.25) is 0 Å². The van der Waals surface area contributed by atoms with E-state index in [0.29, 0.717) is 30.4 Å². The van der Waals surface area contributed by atoms with Crippen LogP contribution in [0.5, 0.6) is 11.6 Å². The van der Waals surface area contributed by atoms with Gasteiger partial charge in [-0.25, -0.2) is 9.97 Å². The average molecular weight is 443 g/mol. The number of oxazole rings is 1. The van der Waals surface area contributed by atoms with Crippen molar-refractivity contribution in [2.24, 2.45) is 5.92 Å². The number of ketones is 1. The number of methoxy groups -OCH3 is 1. The largest absolute Gasteiger partial charge is 0.489 e. The molecular formula is C27H26N2O4. The van der Waals surface area contributed by atoms with Crippen LogP contribution in [0, 0.1) is 5.92 Å². The monoisotopic (exact) mass is 442 g/mol. The van der Waals surface area contributed by atoms with Gasteiger partial charge in [-0.3, -0.25) is 4.79 Å². The molecule has 4 aromatic rings. The summed E-state index contributed by atoms with van der Waals surface area (Å²) in [5.74, 6) is 1.95. The van der Waals surface area contributed by atoms with Crippen molar-refractivity contribution in [3.8, 4) is 34.2 Å². The van der Waals surface area contributed by atoms with Crippen LogP contribution < -0.4 is 9.47 Å². The van der Waals surface area contributed by atoms with Gasteiger partial charge < -0.3 is 13.9 Å². The molecule has 0 N–H and O–H groups in total. The highest BCUT2D eigenvalue weighted by atomic mass is 16.5. The van der Waals surface area contributed by atoms with Gasteiger partial charge in [0.2, 0.25) is 11.7 Å². The molecule has 0 amide bonds. The highest BCUT2D eigenvalue weighted by Crippen LogP contribution is 2.34. The third kappa shape index (κ3) is 5.47. The quantitative estimate of drug-likeness (QED) is 0.287. The van der Waals surface area contributed by atoms with Crippen molar-refractivity contribution in [2.45, 2.75) is 26.9 Å². The van der Waals surface area contributed by atoms with Crippen molar-refractivity contribution in [1.82, 2.24) is 9.97 Å². The SMILES string of the molecule is COc1ccc(-c2nc(C(=O)CC(C)C)oc2-c2ccc(OCc3ccccc3)cc2)cn1. The molecule has 0 atom stereocenters. The van der Waals surface area contributed by atoms with E-state index in [0.717, 1.165) is 22.4 Å². The average Bonchev–Trinajstić information content (AvgIpc) is 3.29. The fourth-order valence-electron chi connectivity index (χ4n) is 3.37. The number of aromatic nitrogens is 2. The smallest absolute Gasteiger partial charge is 0.264 e. The van der Waals surface area contributed by atoms with Crippen molar-refractivity contribution < 1.29 is 18.7 Å². The normalized spacial score (nSPS) is 10.9. The molecule has 4 rings (SSSR count). The molecular weight excluding hydrogens is 416 g/mol. The summed E-state index contributed by atoms with van der Waals surface area (Å²) in [6, 6.07) is 21.2. The lowest BCUT2D eigenvalue weighted by Crippen LogP contribution is -2.03. The van der Waals surface area contributed by atoms with Crippen molar-refractivity contribution in [3.63, 3.8) is 0 Å². The maximum atomic E-state index is 12.6. The Morgan fingerprint density at radius 3 is 2.33 bits per heavy atom. The zero-order chi connectivity index (χ0) is 23.2. The van der Waals surface area contributed by atoms with Crippen LogP contribution in [-0.2, 0) is 6.61 Å². The van der Waals surface area contributed by atoms with Crippen molar-refractivity contribution in [2.75, 3.05) is 7.11 Å². The molecule has 0 fully saturated rings. The standard InChI is InChI=1S/C27H26N2O4/c1-18(2)15-23(30)27-29-25(21-11-14-24(31-3)28-16-21)26(33-27)20-9-12-22(13-10-20)32-17-19-7-5-4-6-8-19/h4-14,16,18H,15,17H2,1-3H3. The van der Waals surface area contributed by atoms with E-state index in [1.54, 1.807) is 19.4 Å². The van der Waals surface area contributed by atoms with Gasteiger partial charge in [0, 0.05) is 29.8 Å². The van der Waals surface area contributed by atoms with Crippen LogP contribution in [0.3, 0.4) is 0 Å². The molecule has 2 aromatic heterocycles. The predicted octanol–water partition coefficient (Wildman–Crippen LogP) is 6.22. The van der Waals surface area contributed by atoms with Gasteiger partial charge in [0.15, 0.2) is 5.76 Å². The first kappa shape index (κ1) is 22.3. The predicted molar refractivity (Wildman–Crippen MR) is 126 cm³/mol. The molecule has 0 aliphatic heterocycles. The lowest BCUT2D eigenvalue weighted by molar-refractivity contribution is 0.0934. The Balaban J connectivity index is 1.63. The van der Waals surface area contributed by atoms with E-state index in [1.165, 1.54) is 0 Å². The van der Waals surface area contributed by atoms with Crippen LogP contribution in [0.15, 0.2) is 77.3 Å². The molecule has 0 bridgehead atoms. The van der Waals surface area contributed by atoms with E-state index >= 15 is 0 Å². The van der Waals surface area contributed by atoms with Crippen LogP contribution in [0.1, 0.15) is 36.5 Å². The van der Waals surface area contributed by atoms with Crippen LogP contribution in [0.25, 0.3) is 22.6 Å². The zero-order valence-electron chi connectivity index (χ0n) is 18.9. The third-order valence-corrected chi connectivity index (χ3v) is 5.04. The summed E-state index contributed by atoms with van der Waals surface area (Å²) in [5.41, 5.74) is 3.20. The number of benzene rings is 2. The van der Waals surface area contributed by atoms with Gasteiger partial charge in [-0.1, -0.05) is 44.2 Å². The second kappa shape index (κ2) is 10.1. The Morgan fingerprint density at radius 2 is 1.70 bits per heavy atom. The van der Waals surface area contributed by atoms with Gasteiger partial charge in [0.25, 0.3) is 5.89 Å². The van der Waals surface area contributed by atoms with Crippen molar-refractivity contribution in [3.05, 3.63) is 84.4 Å². The summed E-state index contributed by atoms with van der Waals surface area (Å²) in [6.45, 7) is 4.47. The zero-order valence-corrected chi connectivity index (χ0v) is 18.9. The molecule has 0 aliphatic carbocycles. The van der Waals surface area contributed by atoms with E-state index in [9.17, 15) is 4.79 Å². The summed E-state index contributed by atoms with van der Waals surface area (Å²) >= 11 is 0. The molecule has 2 aromatic carbocycles. The van der Waals surface area contributed by atoms with Crippen LogP contribution >= 0.6 is 0 Å². The summed E-state index contributed by atoms with van der Waals surface area (Å²) in [6.07, 6.45) is 2.03. The maximum Gasteiger partial charge on any atom is 0.264 e. The van der Waals surface area contributed by atoms with E-state index in [-0.39, 0.29) is 17.6 Å². The van der Waals surface area contributed by atoms with Gasteiger partial charge in [-0.2, -0.15) is 0 Å². The molecule has 6 heteroatoms. The first-order valence-corrected chi connectivity index (χ1v) is 10.8. The Hall–Kier alpha value is -3.93. The van der Waals surface area contributed by atoms with Crippen molar-refractivity contribution in [1.29, 1.82) is 0 Å². The van der Waals surface area contributed by atoms with E-state index in [4.69, 9.17) is 13.9 Å². The first-order chi connectivity index (χ1) is 16.0. The fourth-order valence-corrected chi connectivity index (χ4v) is 3.37. The van der Waals surface area contributed by atoms with Gasteiger partial charge in [0.05, 0.1) is 7.11 Å². The number of nitrogens with zero attached hydrogens (tertiary/aromatic N) is 2. The van der Waals surface area contributed by atoms with E-state index in [1.807, 2.05) is 74.5 Å². The molecule has 0 aliphatic rings. The molecule has 0 saturated heterocycles. The Kier molecular flexibility index (Phi) is 6.83. The second-order valence-corrected chi connectivity index (χ2v) is 8.11. The summed E-state index contributed by atoms with van der Waals surface area (Å²) in [5, 5.41) is 0. The Bertz CT molecular complexity index is 1200. The number of rotatable bonds is 9. The highest BCUT2D eigenvalue weighted by Gasteiger charge is 2.22. The number of carbonyl (C=O) groups is 1. The van der Waals surface area contributed by atoms with Gasteiger partial charge in [-0.15, -0.1) is 0 Å². The molecule has 0 saturated carbocycles. The van der Waals surface area contributed by atoms with Crippen molar-refractivity contribution >= 4 is 5.78 Å². The minimum Gasteiger partial charge on any atom is -0.489 e. The maximum absolute atomic E-state index is 12.6. The molecule has 33 heavy (non-hydrogen) atoms. The molecule has 0 spiro atoms. The molecule has 168 valence electrons. The van der Waals surface area contributed by atoms with Gasteiger partial charge in [0.1, 0.15) is 18.1 Å². The molecule has 6 nitrogen and oxygen atoms in total. The summed E-state index contributed by atoms with van der Waals surface area (Å²) in [7, 11) is 1.56. The number of ether oxygens (including phenoxy) is 2. The number of hydrogen-bond acceptors (Lipinski definition) is 6. The molecule has 0 radical (unpaired) electrons. The topological polar surface area (TPSA) is 74.5 Å². The number of hydrogen-bond donors (Lipinski definition) is 0. The highest BCUT2D eigenvalue weighted by molar-refractivity contribution is 5.93. The van der Waals surface area contributed by atoms with Crippen LogP contribution in [-0.4, -0.2) is 22.9 Å². The Labute approximate surface area is 193 Å². The number of Topliss-reactive ketones (excluding diaryl/α,β-unsaturated/α-hetero) is 1. The lowest BCUT2D eigenvalue weighted by Gasteiger charge is -2.07. The lowest BCUT2D eigenvalue weighted by atomic mass is 10.1. The van der Waals surface area contributed by atoms with Gasteiger partial charge in [-0.05, 0) is 41.8 Å². The second-order valence-electron chi connectivity index (χ2n) is 8.11. The minimum atomic E-state index is -0.123. The van der Waals surface area contributed by atoms with E-state index < -0.39 is 0 Å². The van der Waals surface area contributed by atoms with Crippen LogP contribution in [0.4, 0.5) is 0 Å². The molecule has 2 heterocycles. The van der Waals surface area contributed by atoms with Gasteiger partial charge >= 0.3 is 0 Å². The molecule has 0 unspecified atom stereocenters. The summed E-state index contributed by atoms with van der Waals surface area (Å²) < 4.78 is 17.0. The number of carbonyl (C=O) groups excluding carboxylic acids is 1.